The van der Waals surface area contributed by atoms with Gasteiger partial charge in [-0.15, -0.1) is 0 Å². The summed E-state index contributed by atoms with van der Waals surface area (Å²) in [4.78, 5) is 12.3. The predicted molar refractivity (Wildman–Crippen MR) is 97.1 cm³/mol. The zero-order valence-electron chi connectivity index (χ0n) is 13.9. The van der Waals surface area contributed by atoms with Gasteiger partial charge in [0.1, 0.15) is 0 Å². The van der Waals surface area contributed by atoms with Crippen molar-refractivity contribution in [1.29, 1.82) is 0 Å². The summed E-state index contributed by atoms with van der Waals surface area (Å²) in [7, 11) is 0. The van der Waals surface area contributed by atoms with Gasteiger partial charge in [0, 0.05) is 22.5 Å². The molecule has 0 radical (unpaired) electrons. The Bertz CT molecular complexity index is 530. The zero-order valence-corrected chi connectivity index (χ0v) is 15.4. The number of piperidine rings is 1. The second-order valence-corrected chi connectivity index (χ2v) is 7.52. The maximum Gasteiger partial charge on any atom is 0.220 e. The number of carbonyl (C=O) groups is 1. The van der Waals surface area contributed by atoms with E-state index in [4.69, 9.17) is 23.2 Å². The second kappa shape index (κ2) is 8.91. The van der Waals surface area contributed by atoms with Gasteiger partial charge in [0.05, 0.1) is 0 Å². The van der Waals surface area contributed by atoms with Crippen LogP contribution in [0.1, 0.15) is 38.7 Å². The number of hydrogen-bond donors (Lipinski definition) is 2. The Balaban J connectivity index is 1.79. The van der Waals surface area contributed by atoms with Crippen molar-refractivity contribution in [1.82, 2.24) is 10.6 Å². The smallest absolute Gasteiger partial charge is 0.220 e. The van der Waals surface area contributed by atoms with E-state index in [2.05, 4.69) is 17.6 Å². The van der Waals surface area contributed by atoms with Gasteiger partial charge in [0.15, 0.2) is 0 Å². The number of carbonyl (C=O) groups excluding carboxylic acids is 1. The SMILES string of the molecule is CC(Cc1ccc(Cl)cc1Cl)NC(=O)CC(C)C1CCNCC1. The van der Waals surface area contributed by atoms with Gasteiger partial charge in [-0.05, 0) is 68.8 Å². The van der Waals surface area contributed by atoms with Crippen LogP contribution in [0.15, 0.2) is 18.2 Å². The van der Waals surface area contributed by atoms with Crippen molar-refractivity contribution < 1.29 is 4.79 Å². The Morgan fingerprint density at radius 3 is 2.65 bits per heavy atom. The first kappa shape index (κ1) is 18.6. The summed E-state index contributed by atoms with van der Waals surface area (Å²) in [6, 6.07) is 5.55. The van der Waals surface area contributed by atoms with E-state index in [0.29, 0.717) is 34.7 Å². The number of amides is 1. The molecule has 2 unspecified atom stereocenters. The average molecular weight is 357 g/mol. The molecule has 1 aliphatic rings. The molecular formula is C18H26Cl2N2O. The molecule has 1 heterocycles. The lowest BCUT2D eigenvalue weighted by Gasteiger charge is -2.28. The second-order valence-electron chi connectivity index (χ2n) is 6.68. The Labute approximate surface area is 149 Å². The van der Waals surface area contributed by atoms with Crippen LogP contribution in [0.5, 0.6) is 0 Å². The van der Waals surface area contributed by atoms with Crippen LogP contribution in [0.2, 0.25) is 10.0 Å². The van der Waals surface area contributed by atoms with Crippen molar-refractivity contribution in [2.75, 3.05) is 13.1 Å². The largest absolute Gasteiger partial charge is 0.353 e. The molecule has 0 spiro atoms. The van der Waals surface area contributed by atoms with Crippen LogP contribution in [0, 0.1) is 11.8 Å². The lowest BCUT2D eigenvalue weighted by molar-refractivity contribution is -0.122. The molecule has 1 amide bonds. The number of nitrogens with one attached hydrogen (secondary N) is 2. The molecule has 2 atom stereocenters. The van der Waals surface area contributed by atoms with E-state index < -0.39 is 0 Å². The fourth-order valence-corrected chi connectivity index (χ4v) is 3.76. The molecule has 0 saturated carbocycles. The first-order chi connectivity index (χ1) is 11.0. The van der Waals surface area contributed by atoms with Crippen molar-refractivity contribution in [2.24, 2.45) is 11.8 Å². The molecule has 3 nitrogen and oxygen atoms in total. The molecule has 0 aromatic heterocycles. The first-order valence-corrected chi connectivity index (χ1v) is 9.15. The van der Waals surface area contributed by atoms with E-state index in [1.165, 1.54) is 12.8 Å². The highest BCUT2D eigenvalue weighted by Gasteiger charge is 2.22. The average Bonchev–Trinajstić information content (AvgIpc) is 2.50. The molecular weight excluding hydrogens is 331 g/mol. The van der Waals surface area contributed by atoms with Gasteiger partial charge < -0.3 is 10.6 Å². The Morgan fingerprint density at radius 2 is 2.00 bits per heavy atom. The first-order valence-electron chi connectivity index (χ1n) is 8.39. The summed E-state index contributed by atoms with van der Waals surface area (Å²) in [5.41, 5.74) is 1.01. The van der Waals surface area contributed by atoms with E-state index in [9.17, 15) is 4.79 Å². The van der Waals surface area contributed by atoms with E-state index >= 15 is 0 Å². The number of rotatable bonds is 6. The minimum atomic E-state index is 0.0569. The van der Waals surface area contributed by atoms with Crippen molar-refractivity contribution in [3.05, 3.63) is 33.8 Å². The van der Waals surface area contributed by atoms with Crippen molar-refractivity contribution >= 4 is 29.1 Å². The minimum Gasteiger partial charge on any atom is -0.353 e. The monoisotopic (exact) mass is 356 g/mol. The zero-order chi connectivity index (χ0) is 16.8. The van der Waals surface area contributed by atoms with Crippen LogP contribution >= 0.6 is 23.2 Å². The van der Waals surface area contributed by atoms with Crippen LogP contribution in [0.4, 0.5) is 0 Å². The lowest BCUT2D eigenvalue weighted by Crippen LogP contribution is -2.37. The Kier molecular flexibility index (Phi) is 7.19. The van der Waals surface area contributed by atoms with Crippen molar-refractivity contribution in [3.63, 3.8) is 0 Å². The molecule has 23 heavy (non-hydrogen) atoms. The molecule has 128 valence electrons. The lowest BCUT2D eigenvalue weighted by atomic mass is 9.84. The fourth-order valence-electron chi connectivity index (χ4n) is 3.27. The highest BCUT2D eigenvalue weighted by molar-refractivity contribution is 6.35. The summed E-state index contributed by atoms with van der Waals surface area (Å²) < 4.78 is 0. The third-order valence-electron chi connectivity index (χ3n) is 4.64. The highest BCUT2D eigenvalue weighted by atomic mass is 35.5. The van der Waals surface area contributed by atoms with E-state index in [0.717, 1.165) is 18.7 Å². The number of hydrogen-bond acceptors (Lipinski definition) is 2. The van der Waals surface area contributed by atoms with Crippen LogP contribution < -0.4 is 10.6 Å². The molecule has 1 aromatic rings. The Hall–Kier alpha value is -0.770. The normalized spacial score (nSPS) is 18.4. The Morgan fingerprint density at radius 1 is 1.30 bits per heavy atom. The topological polar surface area (TPSA) is 41.1 Å². The molecule has 0 bridgehead atoms. The molecule has 1 saturated heterocycles. The van der Waals surface area contributed by atoms with Crippen LogP contribution in [0.3, 0.4) is 0 Å². The van der Waals surface area contributed by atoms with E-state index in [1.54, 1.807) is 6.07 Å². The quantitative estimate of drug-likeness (QED) is 0.806. The standard InChI is InChI=1S/C18H26Cl2N2O/c1-12(14-5-7-21-8-6-14)9-18(23)22-13(2)10-15-3-4-16(19)11-17(15)20/h3-4,11-14,21H,5-10H2,1-2H3,(H,22,23). The molecule has 1 aliphatic heterocycles. The minimum absolute atomic E-state index is 0.0569. The summed E-state index contributed by atoms with van der Waals surface area (Å²) >= 11 is 12.1. The predicted octanol–water partition coefficient (Wildman–Crippen LogP) is 4.07. The molecule has 2 rings (SSSR count). The van der Waals surface area contributed by atoms with Gasteiger partial charge >= 0.3 is 0 Å². The van der Waals surface area contributed by atoms with Gasteiger partial charge in [-0.1, -0.05) is 36.2 Å². The van der Waals surface area contributed by atoms with E-state index in [1.807, 2.05) is 19.1 Å². The van der Waals surface area contributed by atoms with Crippen molar-refractivity contribution in [3.8, 4) is 0 Å². The third kappa shape index (κ3) is 5.98. The van der Waals surface area contributed by atoms with Gasteiger partial charge in [-0.25, -0.2) is 0 Å². The third-order valence-corrected chi connectivity index (χ3v) is 5.23. The van der Waals surface area contributed by atoms with Crippen molar-refractivity contribution in [2.45, 2.75) is 45.6 Å². The van der Waals surface area contributed by atoms with E-state index in [-0.39, 0.29) is 11.9 Å². The van der Waals surface area contributed by atoms with Gasteiger partial charge in [0.25, 0.3) is 0 Å². The highest BCUT2D eigenvalue weighted by Crippen LogP contribution is 2.25. The molecule has 1 fully saturated rings. The maximum absolute atomic E-state index is 12.3. The maximum atomic E-state index is 12.3. The summed E-state index contributed by atoms with van der Waals surface area (Å²) in [6.45, 7) is 6.35. The van der Waals surface area contributed by atoms with Gasteiger partial charge in [-0.2, -0.15) is 0 Å². The van der Waals surface area contributed by atoms with Crippen LogP contribution in [-0.2, 0) is 11.2 Å². The number of halogens is 2. The summed E-state index contributed by atoms with van der Waals surface area (Å²) in [5.74, 6) is 1.22. The number of benzene rings is 1. The molecule has 5 heteroatoms. The summed E-state index contributed by atoms with van der Waals surface area (Å²) in [6.07, 6.45) is 3.65. The van der Waals surface area contributed by atoms with Crippen LogP contribution in [-0.4, -0.2) is 25.0 Å². The molecule has 2 N–H and O–H groups in total. The molecule has 1 aromatic carbocycles. The fraction of sp³-hybridized carbons (Fsp3) is 0.611. The molecule has 0 aliphatic carbocycles. The summed E-state index contributed by atoms with van der Waals surface area (Å²) in [5, 5.41) is 7.75. The van der Waals surface area contributed by atoms with Crippen LogP contribution in [0.25, 0.3) is 0 Å². The van der Waals surface area contributed by atoms with Gasteiger partial charge in [-0.3, -0.25) is 4.79 Å². The van der Waals surface area contributed by atoms with Gasteiger partial charge in [0.2, 0.25) is 5.91 Å².